The van der Waals surface area contributed by atoms with Gasteiger partial charge in [0.1, 0.15) is 5.82 Å². The molecule has 0 saturated carbocycles. The molecular formula is C16H14F3N5O. The summed E-state index contributed by atoms with van der Waals surface area (Å²) in [5.74, 6) is -0.606. The summed E-state index contributed by atoms with van der Waals surface area (Å²) in [6.07, 6.45) is -0.0162. The number of aromatic nitrogens is 4. The van der Waals surface area contributed by atoms with Gasteiger partial charge < -0.3 is 9.73 Å². The molecule has 1 unspecified atom stereocenters. The highest BCUT2D eigenvalue weighted by Gasteiger charge is 2.17. The average molecular weight is 349 g/mol. The van der Waals surface area contributed by atoms with Gasteiger partial charge in [0.15, 0.2) is 0 Å². The van der Waals surface area contributed by atoms with Crippen molar-refractivity contribution in [1.29, 1.82) is 0 Å². The molecule has 0 saturated heterocycles. The SMILES string of the molecule is CC(CNc1ncc(-c2nnc(C(F)F)o2)cn1)c1ccc(F)cc1. The highest BCUT2D eigenvalue weighted by molar-refractivity contribution is 5.50. The third kappa shape index (κ3) is 4.11. The second-order valence-corrected chi connectivity index (χ2v) is 5.37. The number of nitrogens with zero attached hydrogens (tertiary/aromatic N) is 4. The van der Waals surface area contributed by atoms with E-state index in [1.807, 2.05) is 6.92 Å². The molecule has 0 aliphatic heterocycles. The van der Waals surface area contributed by atoms with Crippen LogP contribution in [0.1, 0.15) is 30.7 Å². The van der Waals surface area contributed by atoms with Crippen LogP contribution in [0.4, 0.5) is 19.1 Å². The minimum atomic E-state index is -2.82. The van der Waals surface area contributed by atoms with Crippen LogP contribution in [0.15, 0.2) is 41.1 Å². The second-order valence-electron chi connectivity index (χ2n) is 5.37. The first-order valence-electron chi connectivity index (χ1n) is 7.46. The van der Waals surface area contributed by atoms with E-state index in [0.29, 0.717) is 18.1 Å². The van der Waals surface area contributed by atoms with E-state index in [9.17, 15) is 13.2 Å². The van der Waals surface area contributed by atoms with Crippen molar-refractivity contribution in [2.45, 2.75) is 19.3 Å². The Morgan fingerprint density at radius 2 is 1.76 bits per heavy atom. The Morgan fingerprint density at radius 1 is 1.08 bits per heavy atom. The molecule has 3 aromatic rings. The number of alkyl halides is 2. The summed E-state index contributed by atoms with van der Waals surface area (Å²) in [6, 6.07) is 6.27. The summed E-state index contributed by atoms with van der Waals surface area (Å²) < 4.78 is 42.6. The lowest BCUT2D eigenvalue weighted by Crippen LogP contribution is -2.11. The van der Waals surface area contributed by atoms with Crippen molar-refractivity contribution in [3.63, 3.8) is 0 Å². The molecule has 0 spiro atoms. The fourth-order valence-corrected chi connectivity index (χ4v) is 2.12. The van der Waals surface area contributed by atoms with Crippen LogP contribution in [0.3, 0.4) is 0 Å². The Labute approximate surface area is 141 Å². The van der Waals surface area contributed by atoms with Crippen molar-refractivity contribution in [1.82, 2.24) is 20.2 Å². The summed E-state index contributed by atoms with van der Waals surface area (Å²) in [7, 11) is 0. The number of benzene rings is 1. The fourth-order valence-electron chi connectivity index (χ4n) is 2.12. The maximum atomic E-state index is 12.9. The van der Waals surface area contributed by atoms with E-state index in [1.54, 1.807) is 12.1 Å². The summed E-state index contributed by atoms with van der Waals surface area (Å²) in [5.41, 5.74) is 1.33. The molecule has 1 aromatic carbocycles. The summed E-state index contributed by atoms with van der Waals surface area (Å²) in [6.45, 7) is 2.53. The molecule has 2 heterocycles. The normalized spacial score (nSPS) is 12.4. The number of rotatable bonds is 6. The molecule has 0 amide bonds. The molecule has 3 rings (SSSR count). The quantitative estimate of drug-likeness (QED) is 0.729. The second kappa shape index (κ2) is 7.29. The van der Waals surface area contributed by atoms with Gasteiger partial charge in [0.2, 0.25) is 5.95 Å². The van der Waals surface area contributed by atoms with E-state index in [0.717, 1.165) is 5.56 Å². The first kappa shape index (κ1) is 16.9. The van der Waals surface area contributed by atoms with Crippen LogP contribution in [-0.4, -0.2) is 26.7 Å². The zero-order chi connectivity index (χ0) is 17.8. The highest BCUT2D eigenvalue weighted by Crippen LogP contribution is 2.22. The van der Waals surface area contributed by atoms with Crippen LogP contribution in [-0.2, 0) is 0 Å². The minimum absolute atomic E-state index is 0.0680. The van der Waals surface area contributed by atoms with E-state index in [4.69, 9.17) is 4.42 Å². The zero-order valence-electron chi connectivity index (χ0n) is 13.2. The molecule has 0 bridgehead atoms. The molecular weight excluding hydrogens is 335 g/mol. The Hall–Kier alpha value is -2.97. The van der Waals surface area contributed by atoms with Gasteiger partial charge in [-0.3, -0.25) is 0 Å². The lowest BCUT2D eigenvalue weighted by molar-refractivity contribution is 0.116. The van der Waals surface area contributed by atoms with Gasteiger partial charge in [0.05, 0.1) is 5.56 Å². The van der Waals surface area contributed by atoms with Gasteiger partial charge in [0, 0.05) is 18.9 Å². The van der Waals surface area contributed by atoms with Crippen LogP contribution in [0.25, 0.3) is 11.5 Å². The largest absolute Gasteiger partial charge is 0.415 e. The predicted octanol–water partition coefficient (Wildman–Crippen LogP) is 3.82. The molecule has 0 radical (unpaired) electrons. The molecule has 9 heteroatoms. The standard InChI is InChI=1S/C16H14F3N5O/c1-9(10-2-4-12(17)5-3-10)6-20-16-21-7-11(8-22-16)14-23-24-15(25-14)13(18)19/h2-5,7-9,13H,6H2,1H3,(H,20,21,22). The van der Waals surface area contributed by atoms with E-state index < -0.39 is 12.3 Å². The summed E-state index contributed by atoms with van der Waals surface area (Å²) in [5, 5.41) is 9.84. The lowest BCUT2D eigenvalue weighted by atomic mass is 10.0. The number of nitrogens with one attached hydrogen (secondary N) is 1. The van der Waals surface area contributed by atoms with Crippen LogP contribution in [0.5, 0.6) is 0 Å². The van der Waals surface area contributed by atoms with Crippen LogP contribution in [0.2, 0.25) is 0 Å². The van der Waals surface area contributed by atoms with Gasteiger partial charge in [-0.1, -0.05) is 19.1 Å². The van der Waals surface area contributed by atoms with Gasteiger partial charge in [0.25, 0.3) is 11.8 Å². The topological polar surface area (TPSA) is 76.7 Å². The monoisotopic (exact) mass is 349 g/mol. The molecule has 0 aliphatic carbocycles. The maximum absolute atomic E-state index is 12.9. The third-order valence-corrected chi connectivity index (χ3v) is 3.53. The molecule has 2 aromatic heterocycles. The Balaban J connectivity index is 1.61. The van der Waals surface area contributed by atoms with Crippen LogP contribution >= 0.6 is 0 Å². The fraction of sp³-hybridized carbons (Fsp3) is 0.250. The van der Waals surface area contributed by atoms with Crippen LogP contribution in [0, 0.1) is 5.82 Å². The lowest BCUT2D eigenvalue weighted by Gasteiger charge is -2.13. The van der Waals surface area contributed by atoms with E-state index in [2.05, 4.69) is 25.5 Å². The van der Waals surface area contributed by atoms with Gasteiger partial charge >= 0.3 is 6.43 Å². The van der Waals surface area contributed by atoms with Crippen molar-refractivity contribution in [3.05, 3.63) is 53.9 Å². The van der Waals surface area contributed by atoms with Crippen molar-refractivity contribution in [3.8, 4) is 11.5 Å². The molecule has 1 N–H and O–H groups in total. The first-order valence-corrected chi connectivity index (χ1v) is 7.46. The molecule has 6 nitrogen and oxygen atoms in total. The molecule has 0 fully saturated rings. The Kier molecular flexibility index (Phi) is 4.92. The van der Waals surface area contributed by atoms with Crippen LogP contribution < -0.4 is 5.32 Å². The third-order valence-electron chi connectivity index (χ3n) is 3.53. The van der Waals surface area contributed by atoms with E-state index in [1.165, 1.54) is 24.5 Å². The number of anilines is 1. The molecule has 1 atom stereocenters. The number of halogens is 3. The number of hydrogen-bond donors (Lipinski definition) is 1. The highest BCUT2D eigenvalue weighted by atomic mass is 19.3. The Morgan fingerprint density at radius 3 is 2.36 bits per heavy atom. The Bertz CT molecular complexity index is 821. The average Bonchev–Trinajstić information content (AvgIpc) is 3.11. The predicted molar refractivity (Wildman–Crippen MR) is 83.6 cm³/mol. The molecule has 25 heavy (non-hydrogen) atoms. The molecule has 0 aliphatic rings. The molecule has 130 valence electrons. The van der Waals surface area contributed by atoms with Gasteiger partial charge in [-0.05, 0) is 23.6 Å². The van der Waals surface area contributed by atoms with Crippen molar-refractivity contribution in [2.24, 2.45) is 0 Å². The zero-order valence-corrected chi connectivity index (χ0v) is 13.2. The summed E-state index contributed by atoms with van der Waals surface area (Å²) in [4.78, 5) is 8.18. The number of hydrogen-bond acceptors (Lipinski definition) is 6. The maximum Gasteiger partial charge on any atom is 0.314 e. The minimum Gasteiger partial charge on any atom is -0.415 e. The van der Waals surface area contributed by atoms with E-state index in [-0.39, 0.29) is 17.6 Å². The van der Waals surface area contributed by atoms with Gasteiger partial charge in [-0.15, -0.1) is 10.2 Å². The van der Waals surface area contributed by atoms with Crippen molar-refractivity contribution in [2.75, 3.05) is 11.9 Å². The smallest absolute Gasteiger partial charge is 0.314 e. The van der Waals surface area contributed by atoms with Gasteiger partial charge in [-0.2, -0.15) is 8.78 Å². The van der Waals surface area contributed by atoms with Gasteiger partial charge in [-0.25, -0.2) is 14.4 Å². The van der Waals surface area contributed by atoms with Crippen molar-refractivity contribution >= 4 is 5.95 Å². The first-order chi connectivity index (χ1) is 12.0. The van der Waals surface area contributed by atoms with E-state index >= 15 is 0 Å². The summed E-state index contributed by atoms with van der Waals surface area (Å²) >= 11 is 0. The van der Waals surface area contributed by atoms with Crippen molar-refractivity contribution < 1.29 is 17.6 Å².